The van der Waals surface area contributed by atoms with Crippen molar-refractivity contribution in [1.29, 1.82) is 0 Å². The second-order valence-electron chi connectivity index (χ2n) is 4.56. The molecule has 1 nitrogen and oxygen atoms in total. The van der Waals surface area contributed by atoms with Gasteiger partial charge in [0.15, 0.2) is 0 Å². The molecule has 15 heavy (non-hydrogen) atoms. The molecule has 1 aromatic rings. The fourth-order valence-corrected chi connectivity index (χ4v) is 2.50. The molecule has 1 aliphatic carbocycles. The largest absolute Gasteiger partial charge is 0.321 e. The topological polar surface area (TPSA) is 26.0 Å². The standard InChI is InChI=1S/C13H18FN/c1-2-3-7-13(15)8-6-10-9-11(14)4-5-12(10)13/h4-5,9H,2-3,6-8,15H2,1H3. The smallest absolute Gasteiger partial charge is 0.123 e. The van der Waals surface area contributed by atoms with Gasteiger partial charge in [0, 0.05) is 5.54 Å². The molecule has 1 atom stereocenters. The van der Waals surface area contributed by atoms with E-state index in [4.69, 9.17) is 5.73 Å². The normalized spacial score (nSPS) is 24.2. The lowest BCUT2D eigenvalue weighted by Gasteiger charge is -2.25. The van der Waals surface area contributed by atoms with Crippen molar-refractivity contribution in [3.63, 3.8) is 0 Å². The van der Waals surface area contributed by atoms with Gasteiger partial charge >= 0.3 is 0 Å². The van der Waals surface area contributed by atoms with E-state index >= 15 is 0 Å². The third-order valence-corrected chi connectivity index (χ3v) is 3.42. The molecule has 0 aliphatic heterocycles. The highest BCUT2D eigenvalue weighted by molar-refractivity contribution is 5.38. The van der Waals surface area contributed by atoms with Crippen LogP contribution in [0.1, 0.15) is 43.7 Å². The van der Waals surface area contributed by atoms with E-state index in [0.29, 0.717) is 0 Å². The first kappa shape index (κ1) is 10.6. The minimum absolute atomic E-state index is 0.145. The summed E-state index contributed by atoms with van der Waals surface area (Å²) in [5.74, 6) is -0.145. The zero-order valence-electron chi connectivity index (χ0n) is 9.22. The van der Waals surface area contributed by atoms with Crippen molar-refractivity contribution in [1.82, 2.24) is 0 Å². The van der Waals surface area contributed by atoms with Crippen molar-refractivity contribution >= 4 is 0 Å². The molecule has 0 bridgehead atoms. The van der Waals surface area contributed by atoms with E-state index in [2.05, 4.69) is 6.92 Å². The van der Waals surface area contributed by atoms with Crippen molar-refractivity contribution in [3.8, 4) is 0 Å². The van der Waals surface area contributed by atoms with E-state index in [0.717, 1.165) is 43.2 Å². The van der Waals surface area contributed by atoms with Gasteiger partial charge in [-0.15, -0.1) is 0 Å². The minimum atomic E-state index is -0.195. The zero-order chi connectivity index (χ0) is 10.9. The van der Waals surface area contributed by atoms with Crippen LogP contribution in [0.15, 0.2) is 18.2 Å². The Hall–Kier alpha value is -0.890. The van der Waals surface area contributed by atoms with Crippen molar-refractivity contribution in [3.05, 3.63) is 35.1 Å². The number of unbranched alkanes of at least 4 members (excludes halogenated alkanes) is 1. The van der Waals surface area contributed by atoms with E-state index in [-0.39, 0.29) is 11.4 Å². The van der Waals surface area contributed by atoms with Crippen LogP contribution in [0.2, 0.25) is 0 Å². The Kier molecular flexibility index (Phi) is 2.79. The number of fused-ring (bicyclic) bond motifs is 1. The Labute approximate surface area is 90.5 Å². The molecule has 1 unspecified atom stereocenters. The average Bonchev–Trinajstić information content (AvgIpc) is 2.54. The highest BCUT2D eigenvalue weighted by atomic mass is 19.1. The molecular formula is C13H18FN. The monoisotopic (exact) mass is 207 g/mol. The molecule has 0 saturated carbocycles. The Morgan fingerprint density at radius 2 is 2.27 bits per heavy atom. The lowest BCUT2D eigenvalue weighted by Crippen LogP contribution is -2.33. The van der Waals surface area contributed by atoms with Crippen LogP contribution in [-0.4, -0.2) is 0 Å². The van der Waals surface area contributed by atoms with Gasteiger partial charge in [-0.1, -0.05) is 25.8 Å². The van der Waals surface area contributed by atoms with Crippen molar-refractivity contribution in [2.45, 2.75) is 44.6 Å². The summed E-state index contributed by atoms with van der Waals surface area (Å²) in [6.07, 6.45) is 5.21. The van der Waals surface area contributed by atoms with E-state index in [1.165, 1.54) is 6.07 Å². The van der Waals surface area contributed by atoms with Gasteiger partial charge in [-0.2, -0.15) is 0 Å². The van der Waals surface area contributed by atoms with Gasteiger partial charge in [0.25, 0.3) is 0 Å². The fraction of sp³-hybridized carbons (Fsp3) is 0.538. The number of nitrogens with two attached hydrogens (primary N) is 1. The zero-order valence-corrected chi connectivity index (χ0v) is 9.22. The molecular weight excluding hydrogens is 189 g/mol. The maximum Gasteiger partial charge on any atom is 0.123 e. The van der Waals surface area contributed by atoms with Gasteiger partial charge in [0.05, 0.1) is 0 Å². The summed E-state index contributed by atoms with van der Waals surface area (Å²) in [7, 11) is 0. The summed E-state index contributed by atoms with van der Waals surface area (Å²) in [5.41, 5.74) is 8.46. The third-order valence-electron chi connectivity index (χ3n) is 3.42. The maximum absolute atomic E-state index is 13.0. The first-order valence-electron chi connectivity index (χ1n) is 5.73. The first-order valence-corrected chi connectivity index (χ1v) is 5.73. The SMILES string of the molecule is CCCCC1(N)CCc2cc(F)ccc21. The lowest BCUT2D eigenvalue weighted by atomic mass is 9.87. The van der Waals surface area contributed by atoms with E-state index in [1.54, 1.807) is 6.07 Å². The lowest BCUT2D eigenvalue weighted by molar-refractivity contribution is 0.392. The Bertz CT molecular complexity index is 362. The summed E-state index contributed by atoms with van der Waals surface area (Å²) in [4.78, 5) is 0. The first-order chi connectivity index (χ1) is 7.15. The quantitative estimate of drug-likeness (QED) is 0.809. The van der Waals surface area contributed by atoms with Crippen LogP contribution in [0.5, 0.6) is 0 Å². The molecule has 0 spiro atoms. The molecule has 0 aromatic heterocycles. The number of aryl methyl sites for hydroxylation is 1. The van der Waals surface area contributed by atoms with Gasteiger partial charge in [-0.3, -0.25) is 0 Å². The van der Waals surface area contributed by atoms with Gasteiger partial charge in [-0.25, -0.2) is 4.39 Å². The molecule has 2 rings (SSSR count). The molecule has 1 aromatic carbocycles. The summed E-state index contributed by atoms with van der Waals surface area (Å²) < 4.78 is 13.0. The van der Waals surface area contributed by atoms with Gasteiger partial charge in [0.1, 0.15) is 5.82 Å². The average molecular weight is 207 g/mol. The summed E-state index contributed by atoms with van der Waals surface area (Å²) >= 11 is 0. The molecule has 0 radical (unpaired) electrons. The molecule has 1 aliphatic rings. The molecule has 2 N–H and O–H groups in total. The molecule has 0 heterocycles. The van der Waals surface area contributed by atoms with E-state index < -0.39 is 0 Å². The predicted molar refractivity (Wildman–Crippen MR) is 60.1 cm³/mol. The van der Waals surface area contributed by atoms with Crippen LogP contribution in [0.4, 0.5) is 4.39 Å². The van der Waals surface area contributed by atoms with Crippen LogP contribution in [-0.2, 0) is 12.0 Å². The van der Waals surface area contributed by atoms with Crippen LogP contribution in [0, 0.1) is 5.82 Å². The summed E-state index contributed by atoms with van der Waals surface area (Å²) in [5, 5.41) is 0. The molecule has 0 saturated heterocycles. The van der Waals surface area contributed by atoms with Crippen molar-refractivity contribution in [2.75, 3.05) is 0 Å². The van der Waals surface area contributed by atoms with Crippen LogP contribution in [0.25, 0.3) is 0 Å². The van der Waals surface area contributed by atoms with Crippen LogP contribution >= 0.6 is 0 Å². The Morgan fingerprint density at radius 3 is 3.00 bits per heavy atom. The highest BCUT2D eigenvalue weighted by Crippen LogP contribution is 2.38. The number of hydrogen-bond acceptors (Lipinski definition) is 1. The number of halogens is 1. The highest BCUT2D eigenvalue weighted by Gasteiger charge is 2.34. The minimum Gasteiger partial charge on any atom is -0.321 e. The number of benzene rings is 1. The van der Waals surface area contributed by atoms with Crippen molar-refractivity contribution < 1.29 is 4.39 Å². The fourth-order valence-electron chi connectivity index (χ4n) is 2.50. The van der Waals surface area contributed by atoms with Crippen LogP contribution in [0.3, 0.4) is 0 Å². The summed E-state index contributed by atoms with van der Waals surface area (Å²) in [6.45, 7) is 2.17. The number of rotatable bonds is 3. The second kappa shape index (κ2) is 3.93. The van der Waals surface area contributed by atoms with Crippen molar-refractivity contribution in [2.24, 2.45) is 5.73 Å². The Balaban J connectivity index is 2.27. The Morgan fingerprint density at radius 1 is 1.47 bits per heavy atom. The summed E-state index contributed by atoms with van der Waals surface area (Å²) in [6, 6.07) is 5.03. The molecule has 82 valence electrons. The molecule has 0 fully saturated rings. The predicted octanol–water partition coefficient (Wildman–Crippen LogP) is 3.12. The number of hydrogen-bond donors (Lipinski definition) is 1. The van der Waals surface area contributed by atoms with Gasteiger partial charge < -0.3 is 5.73 Å². The second-order valence-corrected chi connectivity index (χ2v) is 4.56. The third kappa shape index (κ3) is 1.91. The molecule has 2 heteroatoms. The van der Waals surface area contributed by atoms with Gasteiger partial charge in [-0.05, 0) is 42.5 Å². The van der Waals surface area contributed by atoms with E-state index in [9.17, 15) is 4.39 Å². The van der Waals surface area contributed by atoms with Crippen LogP contribution < -0.4 is 5.73 Å². The maximum atomic E-state index is 13.0. The van der Waals surface area contributed by atoms with E-state index in [1.807, 2.05) is 6.07 Å². The van der Waals surface area contributed by atoms with Gasteiger partial charge in [0.2, 0.25) is 0 Å². The molecule has 0 amide bonds.